The fourth-order valence-electron chi connectivity index (χ4n) is 2.84. The van der Waals surface area contributed by atoms with Gasteiger partial charge in [-0.05, 0) is 35.9 Å². The summed E-state index contributed by atoms with van der Waals surface area (Å²) in [6.45, 7) is 4.67. The second-order valence-corrected chi connectivity index (χ2v) is 6.33. The van der Waals surface area contributed by atoms with Gasteiger partial charge in [-0.15, -0.1) is 0 Å². The highest BCUT2D eigenvalue weighted by Crippen LogP contribution is 2.33. The van der Waals surface area contributed by atoms with E-state index in [2.05, 4.69) is 31.8 Å². The molecule has 2 N–H and O–H groups in total. The minimum Gasteiger partial charge on any atom is -0.341 e. The van der Waals surface area contributed by atoms with Crippen molar-refractivity contribution in [2.24, 2.45) is 0 Å². The maximum atomic E-state index is 13.4. The number of halogens is 1. The van der Waals surface area contributed by atoms with E-state index in [0.717, 1.165) is 5.57 Å². The van der Waals surface area contributed by atoms with E-state index in [-0.39, 0.29) is 12.4 Å². The van der Waals surface area contributed by atoms with E-state index in [4.69, 9.17) is 14.7 Å². The van der Waals surface area contributed by atoms with Crippen molar-refractivity contribution in [3.63, 3.8) is 0 Å². The fraction of sp³-hybridized carbons (Fsp3) is 0.200. The van der Waals surface area contributed by atoms with Gasteiger partial charge in [0.15, 0.2) is 5.82 Å². The van der Waals surface area contributed by atoms with E-state index in [0.29, 0.717) is 47.6 Å². The summed E-state index contributed by atoms with van der Waals surface area (Å²) in [6.07, 6.45) is 0.903. The Labute approximate surface area is 166 Å². The first-order valence-corrected chi connectivity index (χ1v) is 8.84. The highest BCUT2D eigenvalue weighted by molar-refractivity contribution is 5.77. The number of H-pyrrole nitrogens is 1. The average molecular weight is 392 g/mol. The van der Waals surface area contributed by atoms with E-state index in [9.17, 15) is 4.39 Å². The Morgan fingerprint density at radius 1 is 1.21 bits per heavy atom. The molecule has 0 bridgehead atoms. The van der Waals surface area contributed by atoms with Crippen LogP contribution in [0.3, 0.4) is 0 Å². The van der Waals surface area contributed by atoms with E-state index < -0.39 is 6.29 Å². The first kappa shape index (κ1) is 18.7. The predicted molar refractivity (Wildman–Crippen MR) is 103 cm³/mol. The van der Waals surface area contributed by atoms with Gasteiger partial charge in [0, 0.05) is 11.8 Å². The number of hydrogen-bond donors (Lipinski definition) is 2. The van der Waals surface area contributed by atoms with Crippen molar-refractivity contribution in [3.8, 4) is 28.7 Å². The Bertz CT molecular complexity index is 1060. The van der Waals surface area contributed by atoms with Gasteiger partial charge in [0.25, 0.3) is 0 Å². The van der Waals surface area contributed by atoms with Crippen molar-refractivity contribution in [1.82, 2.24) is 19.9 Å². The van der Waals surface area contributed by atoms with Crippen LogP contribution in [-0.4, -0.2) is 39.7 Å². The summed E-state index contributed by atoms with van der Waals surface area (Å²) in [5.41, 5.74) is 3.27. The first-order chi connectivity index (χ1) is 14.1. The van der Waals surface area contributed by atoms with Crippen LogP contribution in [0.5, 0.6) is 0 Å². The summed E-state index contributed by atoms with van der Waals surface area (Å²) in [5.74, 6) is 0.442. The van der Waals surface area contributed by atoms with Gasteiger partial charge < -0.3 is 19.8 Å². The molecule has 8 nitrogen and oxygen atoms in total. The topological polar surface area (TPSA) is 109 Å². The van der Waals surface area contributed by atoms with Crippen LogP contribution in [0.15, 0.2) is 48.7 Å². The van der Waals surface area contributed by atoms with Crippen molar-refractivity contribution >= 4 is 5.95 Å². The molecule has 29 heavy (non-hydrogen) atoms. The molecule has 0 saturated carbocycles. The number of aromatic nitrogens is 4. The smallest absolute Gasteiger partial charge is 0.224 e. The second kappa shape index (κ2) is 8.18. The molecule has 2 aromatic heterocycles. The molecule has 0 spiro atoms. The third-order valence-corrected chi connectivity index (χ3v) is 4.18. The van der Waals surface area contributed by atoms with Gasteiger partial charge >= 0.3 is 0 Å². The molecule has 146 valence electrons. The number of nitrogens with zero attached hydrogens (tertiary/aromatic N) is 4. The number of benzene rings is 1. The van der Waals surface area contributed by atoms with Gasteiger partial charge in [0.2, 0.25) is 12.2 Å². The molecule has 0 radical (unpaired) electrons. The largest absolute Gasteiger partial charge is 0.341 e. The Kier molecular flexibility index (Phi) is 5.29. The summed E-state index contributed by atoms with van der Waals surface area (Å²) < 4.78 is 24.7. The first-order valence-electron chi connectivity index (χ1n) is 8.84. The van der Waals surface area contributed by atoms with E-state index in [1.807, 2.05) is 6.07 Å². The minimum atomic E-state index is -0.675. The number of imidazole rings is 1. The van der Waals surface area contributed by atoms with Crippen LogP contribution in [0.25, 0.3) is 22.6 Å². The lowest BCUT2D eigenvalue weighted by Gasteiger charge is -2.22. The molecular formula is C20H17FN6O2. The number of nitrogens with one attached hydrogen (secondary N) is 2. The van der Waals surface area contributed by atoms with Gasteiger partial charge in [-0.3, -0.25) is 0 Å². The average Bonchev–Trinajstić information content (AvgIpc) is 3.19. The third kappa shape index (κ3) is 4.13. The molecular weight excluding hydrogens is 375 g/mol. The summed E-state index contributed by atoms with van der Waals surface area (Å²) in [5, 5.41) is 11.6. The van der Waals surface area contributed by atoms with Gasteiger partial charge in [-0.2, -0.15) is 5.26 Å². The van der Waals surface area contributed by atoms with Gasteiger partial charge in [0.05, 0.1) is 36.4 Å². The molecule has 0 unspecified atom stereocenters. The minimum absolute atomic E-state index is 0.0795. The summed E-state index contributed by atoms with van der Waals surface area (Å²) in [4.78, 5) is 16.4. The Morgan fingerprint density at radius 3 is 2.69 bits per heavy atom. The van der Waals surface area contributed by atoms with E-state index in [1.54, 1.807) is 24.4 Å². The van der Waals surface area contributed by atoms with Gasteiger partial charge in [-0.25, -0.2) is 19.3 Å². The molecule has 0 atom stereocenters. The third-order valence-electron chi connectivity index (χ3n) is 4.18. The van der Waals surface area contributed by atoms with Crippen molar-refractivity contribution in [1.29, 1.82) is 5.26 Å². The Hall–Kier alpha value is -3.61. The van der Waals surface area contributed by atoms with E-state index >= 15 is 0 Å². The number of rotatable bonds is 5. The molecule has 1 aromatic carbocycles. The zero-order chi connectivity index (χ0) is 20.2. The van der Waals surface area contributed by atoms with Crippen molar-refractivity contribution < 1.29 is 13.9 Å². The summed E-state index contributed by atoms with van der Waals surface area (Å²) in [7, 11) is 0. The molecule has 0 amide bonds. The molecule has 0 aliphatic carbocycles. The highest BCUT2D eigenvalue weighted by Gasteiger charge is 2.25. The van der Waals surface area contributed by atoms with Crippen LogP contribution in [0.4, 0.5) is 10.3 Å². The SMILES string of the molecule is C=C1COC(c2nc(-c3ccc(F)cc3)c(-c3ccnc(NCC#N)n3)[nH]2)OC1. The Balaban J connectivity index is 1.76. The van der Waals surface area contributed by atoms with Crippen LogP contribution in [0, 0.1) is 17.1 Å². The van der Waals surface area contributed by atoms with Crippen LogP contribution in [0.1, 0.15) is 12.1 Å². The maximum absolute atomic E-state index is 13.4. The molecule has 1 aliphatic heterocycles. The number of anilines is 1. The molecule has 1 fully saturated rings. The highest BCUT2D eigenvalue weighted by atomic mass is 19.1. The molecule has 4 rings (SSSR count). The maximum Gasteiger partial charge on any atom is 0.224 e. The van der Waals surface area contributed by atoms with E-state index in [1.165, 1.54) is 12.1 Å². The molecule has 1 aliphatic rings. The number of ether oxygens (including phenoxy) is 2. The fourth-order valence-corrected chi connectivity index (χ4v) is 2.84. The second-order valence-electron chi connectivity index (χ2n) is 6.33. The van der Waals surface area contributed by atoms with Gasteiger partial charge in [-0.1, -0.05) is 6.58 Å². The van der Waals surface area contributed by atoms with Crippen LogP contribution in [0.2, 0.25) is 0 Å². The molecule has 1 saturated heterocycles. The monoisotopic (exact) mass is 392 g/mol. The predicted octanol–water partition coefficient (Wildman–Crippen LogP) is 3.21. The lowest BCUT2D eigenvalue weighted by atomic mass is 10.1. The standard InChI is InChI=1S/C20H17FN6O2/c1-12-10-28-19(29-11-12)18-26-16(13-2-4-14(21)5-3-13)17(27-18)15-6-8-23-20(25-15)24-9-7-22/h2-6,8,19H,1,9-11H2,(H,26,27)(H,23,24,25). The van der Waals surface area contributed by atoms with Crippen LogP contribution in [-0.2, 0) is 9.47 Å². The van der Waals surface area contributed by atoms with Crippen molar-refractivity contribution in [2.45, 2.75) is 6.29 Å². The molecule has 3 heterocycles. The number of hydrogen-bond acceptors (Lipinski definition) is 7. The lowest BCUT2D eigenvalue weighted by molar-refractivity contribution is -0.165. The number of nitriles is 1. The normalized spacial score (nSPS) is 14.6. The quantitative estimate of drug-likeness (QED) is 0.507. The molecule has 9 heteroatoms. The number of aromatic amines is 1. The van der Waals surface area contributed by atoms with Gasteiger partial charge in [0.1, 0.15) is 12.4 Å². The lowest BCUT2D eigenvalue weighted by Crippen LogP contribution is -2.20. The van der Waals surface area contributed by atoms with Crippen molar-refractivity contribution in [3.05, 3.63) is 60.3 Å². The Morgan fingerprint density at radius 2 is 1.97 bits per heavy atom. The summed E-state index contributed by atoms with van der Waals surface area (Å²) >= 11 is 0. The summed E-state index contributed by atoms with van der Waals surface area (Å²) in [6, 6.07) is 9.70. The van der Waals surface area contributed by atoms with Crippen LogP contribution >= 0.6 is 0 Å². The van der Waals surface area contributed by atoms with Crippen molar-refractivity contribution in [2.75, 3.05) is 25.1 Å². The molecule has 3 aromatic rings. The zero-order valence-corrected chi connectivity index (χ0v) is 15.4. The zero-order valence-electron chi connectivity index (χ0n) is 15.4. The van der Waals surface area contributed by atoms with Crippen LogP contribution < -0.4 is 5.32 Å².